The van der Waals surface area contributed by atoms with Gasteiger partial charge in [-0.1, -0.05) is 23.7 Å². The van der Waals surface area contributed by atoms with Gasteiger partial charge >= 0.3 is 0 Å². The summed E-state index contributed by atoms with van der Waals surface area (Å²) >= 11 is 5.74. The Labute approximate surface area is 151 Å². The molecule has 0 radical (unpaired) electrons. The van der Waals surface area contributed by atoms with E-state index < -0.39 is 28.0 Å². The second kappa shape index (κ2) is 7.95. The largest absolute Gasteiger partial charge is 0.348 e. The summed E-state index contributed by atoms with van der Waals surface area (Å²) in [4.78, 5) is 12.2. The molecule has 134 valence electrons. The zero-order chi connectivity index (χ0) is 18.6. The van der Waals surface area contributed by atoms with Crippen molar-refractivity contribution in [2.75, 3.05) is 0 Å². The zero-order valence-electron chi connectivity index (χ0n) is 13.7. The van der Waals surface area contributed by atoms with Gasteiger partial charge in [0.15, 0.2) is 0 Å². The van der Waals surface area contributed by atoms with Crippen molar-refractivity contribution in [1.82, 2.24) is 10.0 Å². The minimum atomic E-state index is -3.85. The highest BCUT2D eigenvalue weighted by Crippen LogP contribution is 2.15. The molecule has 2 aromatic rings. The van der Waals surface area contributed by atoms with Crippen molar-refractivity contribution in [1.29, 1.82) is 0 Å². The topological polar surface area (TPSA) is 75.3 Å². The first-order valence-electron chi connectivity index (χ1n) is 7.53. The predicted molar refractivity (Wildman–Crippen MR) is 94.2 cm³/mol. The van der Waals surface area contributed by atoms with Crippen LogP contribution >= 0.6 is 11.6 Å². The average molecular weight is 385 g/mol. The molecule has 25 heavy (non-hydrogen) atoms. The van der Waals surface area contributed by atoms with Gasteiger partial charge in [-0.2, -0.15) is 4.72 Å². The summed E-state index contributed by atoms with van der Waals surface area (Å²) in [5.74, 6) is -0.860. The minimum Gasteiger partial charge on any atom is -0.348 e. The van der Waals surface area contributed by atoms with Crippen LogP contribution in [0.3, 0.4) is 0 Å². The Morgan fingerprint density at radius 1 is 1.04 bits per heavy atom. The first-order chi connectivity index (χ1) is 11.7. The average Bonchev–Trinajstić information content (AvgIpc) is 2.55. The Kier molecular flexibility index (Phi) is 6.16. The molecule has 1 amide bonds. The quantitative estimate of drug-likeness (QED) is 0.803. The fraction of sp³-hybridized carbons (Fsp3) is 0.235. The zero-order valence-corrected chi connectivity index (χ0v) is 15.2. The summed E-state index contributed by atoms with van der Waals surface area (Å²) in [6, 6.07) is 9.96. The number of sulfonamides is 1. The smallest absolute Gasteiger partial charge is 0.241 e. The number of hydrogen-bond donors (Lipinski definition) is 2. The van der Waals surface area contributed by atoms with Crippen LogP contribution in [0.15, 0.2) is 53.4 Å². The molecular formula is C17H18ClFN2O3S. The van der Waals surface area contributed by atoms with Crippen LogP contribution in [0.4, 0.5) is 4.39 Å². The third-order valence-corrected chi connectivity index (χ3v) is 5.39. The van der Waals surface area contributed by atoms with Crippen molar-refractivity contribution >= 4 is 27.5 Å². The minimum absolute atomic E-state index is 0.0168. The molecule has 0 aliphatic rings. The van der Waals surface area contributed by atoms with Gasteiger partial charge in [0.25, 0.3) is 0 Å². The lowest BCUT2D eigenvalue weighted by Gasteiger charge is -2.19. The molecule has 0 spiro atoms. The number of carbonyl (C=O) groups is 1. The molecule has 0 bridgehead atoms. The highest BCUT2D eigenvalue weighted by Gasteiger charge is 2.23. The molecule has 0 saturated heterocycles. The molecule has 2 aromatic carbocycles. The van der Waals surface area contributed by atoms with Crippen LogP contribution in [-0.2, 0) is 14.8 Å². The molecule has 2 atom stereocenters. The summed E-state index contributed by atoms with van der Waals surface area (Å²) in [5.41, 5.74) is 0.711. The molecule has 5 nitrogen and oxygen atoms in total. The van der Waals surface area contributed by atoms with E-state index in [2.05, 4.69) is 10.0 Å². The Balaban J connectivity index is 2.01. The molecule has 0 fully saturated rings. The van der Waals surface area contributed by atoms with E-state index in [1.165, 1.54) is 43.3 Å². The number of benzene rings is 2. The van der Waals surface area contributed by atoms with E-state index in [0.717, 1.165) is 0 Å². The molecular weight excluding hydrogens is 367 g/mol. The highest BCUT2D eigenvalue weighted by atomic mass is 35.5. The molecule has 2 rings (SSSR count). The second-order valence-electron chi connectivity index (χ2n) is 5.58. The number of hydrogen-bond acceptors (Lipinski definition) is 3. The van der Waals surface area contributed by atoms with Gasteiger partial charge in [0, 0.05) is 5.02 Å². The summed E-state index contributed by atoms with van der Waals surface area (Å²) in [6.45, 7) is 3.17. The van der Waals surface area contributed by atoms with Crippen molar-refractivity contribution in [2.45, 2.75) is 30.8 Å². The standard InChI is InChI=1S/C17H18ClFN2O3S/c1-11(13-3-7-15(19)8-4-13)20-17(22)12(2)21-25(23,24)16-9-5-14(18)6-10-16/h3-12,21H,1-2H3,(H,20,22)/t11-,12-/m1/s1. The van der Waals surface area contributed by atoms with Crippen molar-refractivity contribution < 1.29 is 17.6 Å². The van der Waals surface area contributed by atoms with Gasteiger partial charge in [-0.3, -0.25) is 4.79 Å². The SMILES string of the molecule is C[C@@H](NS(=O)(=O)c1ccc(Cl)cc1)C(=O)N[C@H](C)c1ccc(F)cc1. The molecule has 0 heterocycles. The fourth-order valence-corrected chi connectivity index (χ4v) is 3.47. The molecule has 0 aliphatic heterocycles. The van der Waals surface area contributed by atoms with Crippen molar-refractivity contribution in [3.8, 4) is 0 Å². The van der Waals surface area contributed by atoms with Gasteiger partial charge < -0.3 is 5.32 Å². The molecule has 0 aliphatic carbocycles. The summed E-state index contributed by atoms with van der Waals surface area (Å²) in [5, 5.41) is 3.10. The maximum Gasteiger partial charge on any atom is 0.241 e. The van der Waals surface area contributed by atoms with Gasteiger partial charge in [-0.25, -0.2) is 12.8 Å². The van der Waals surface area contributed by atoms with Crippen LogP contribution in [0.2, 0.25) is 5.02 Å². The maximum atomic E-state index is 12.9. The van der Waals surface area contributed by atoms with E-state index >= 15 is 0 Å². The fourth-order valence-electron chi connectivity index (χ4n) is 2.14. The van der Waals surface area contributed by atoms with Gasteiger partial charge in [0.1, 0.15) is 5.82 Å². The molecule has 0 saturated carbocycles. The first kappa shape index (κ1) is 19.4. The van der Waals surface area contributed by atoms with E-state index in [1.807, 2.05) is 0 Å². The molecule has 8 heteroatoms. The van der Waals surface area contributed by atoms with Gasteiger partial charge in [-0.15, -0.1) is 0 Å². The molecule has 0 unspecified atom stereocenters. The highest BCUT2D eigenvalue weighted by molar-refractivity contribution is 7.89. The third-order valence-electron chi connectivity index (χ3n) is 3.58. The lowest BCUT2D eigenvalue weighted by molar-refractivity contribution is -0.123. The summed E-state index contributed by atoms with van der Waals surface area (Å²) in [6.07, 6.45) is 0. The van der Waals surface area contributed by atoms with E-state index in [1.54, 1.807) is 19.1 Å². The van der Waals surface area contributed by atoms with E-state index in [9.17, 15) is 17.6 Å². The second-order valence-corrected chi connectivity index (χ2v) is 7.73. The lowest BCUT2D eigenvalue weighted by atomic mass is 10.1. The molecule has 0 aromatic heterocycles. The van der Waals surface area contributed by atoms with Gasteiger partial charge in [0.2, 0.25) is 15.9 Å². The van der Waals surface area contributed by atoms with Crippen LogP contribution in [0.1, 0.15) is 25.5 Å². The lowest BCUT2D eigenvalue weighted by Crippen LogP contribution is -2.45. The van der Waals surface area contributed by atoms with Gasteiger partial charge in [0.05, 0.1) is 17.0 Å². The van der Waals surface area contributed by atoms with Gasteiger partial charge in [-0.05, 0) is 55.8 Å². The predicted octanol–water partition coefficient (Wildman–Crippen LogP) is 3.02. The Morgan fingerprint density at radius 3 is 2.16 bits per heavy atom. The Morgan fingerprint density at radius 2 is 1.60 bits per heavy atom. The third kappa shape index (κ3) is 5.26. The normalized spacial score (nSPS) is 13.9. The number of nitrogens with one attached hydrogen (secondary N) is 2. The van der Waals surface area contributed by atoms with Crippen molar-refractivity contribution in [3.63, 3.8) is 0 Å². The van der Waals surface area contributed by atoms with Crippen LogP contribution in [0.25, 0.3) is 0 Å². The van der Waals surface area contributed by atoms with Crippen LogP contribution in [-0.4, -0.2) is 20.4 Å². The maximum absolute atomic E-state index is 12.9. The number of halogens is 2. The van der Waals surface area contributed by atoms with Crippen molar-refractivity contribution in [2.24, 2.45) is 0 Å². The Hall–Kier alpha value is -1.96. The van der Waals surface area contributed by atoms with E-state index in [-0.39, 0.29) is 10.7 Å². The summed E-state index contributed by atoms with van der Waals surface area (Å²) < 4.78 is 39.8. The number of rotatable bonds is 6. The first-order valence-corrected chi connectivity index (χ1v) is 9.39. The van der Waals surface area contributed by atoms with Crippen LogP contribution in [0.5, 0.6) is 0 Å². The van der Waals surface area contributed by atoms with Crippen molar-refractivity contribution in [3.05, 3.63) is 64.9 Å². The van der Waals surface area contributed by atoms with E-state index in [0.29, 0.717) is 10.6 Å². The number of carbonyl (C=O) groups excluding carboxylic acids is 1. The number of amides is 1. The molecule has 2 N–H and O–H groups in total. The summed E-state index contributed by atoms with van der Waals surface area (Å²) in [7, 11) is -3.85. The van der Waals surface area contributed by atoms with Crippen LogP contribution in [0, 0.1) is 5.82 Å². The monoisotopic (exact) mass is 384 g/mol. The Bertz CT molecular complexity index is 839. The van der Waals surface area contributed by atoms with Crippen LogP contribution < -0.4 is 10.0 Å². The van der Waals surface area contributed by atoms with E-state index in [4.69, 9.17) is 11.6 Å².